The lowest BCUT2D eigenvalue weighted by Gasteiger charge is -2.62. The summed E-state index contributed by atoms with van der Waals surface area (Å²) in [5.41, 5.74) is -3.05. The molecule has 1 aliphatic heterocycles. The maximum atomic E-state index is 13.4. The Morgan fingerprint density at radius 2 is 1.91 bits per heavy atom. The number of aldehydes is 1. The van der Waals surface area contributed by atoms with Gasteiger partial charge in [-0.1, -0.05) is 27.2 Å². The zero-order chi connectivity index (χ0) is 25.5. The number of carbonyl (C=O) groups is 2. The number of hydrogen-bond donors (Lipinski definition) is 2. The van der Waals surface area contributed by atoms with Crippen molar-refractivity contribution in [2.24, 2.45) is 51.8 Å². The largest absolute Gasteiger partial charge is 0.549 e. The predicted octanol–water partition coefficient (Wildman–Crippen LogP) is 1.15. The van der Waals surface area contributed by atoms with E-state index in [1.54, 1.807) is 6.92 Å². The number of aliphatic hydroxyl groups excluding tert-OH is 2. The number of rotatable bonds is 7. The van der Waals surface area contributed by atoms with E-state index in [-0.39, 0.29) is 36.2 Å². The van der Waals surface area contributed by atoms with E-state index in [4.69, 9.17) is 14.2 Å². The number of ether oxygens (including phenoxy) is 3. The minimum atomic E-state index is -1.33. The van der Waals surface area contributed by atoms with Gasteiger partial charge in [0.2, 0.25) is 0 Å². The molecule has 13 atom stereocenters. The van der Waals surface area contributed by atoms with Crippen molar-refractivity contribution < 1.29 is 39.1 Å². The van der Waals surface area contributed by atoms with Gasteiger partial charge in [0.05, 0.1) is 12.7 Å². The second-order valence-corrected chi connectivity index (χ2v) is 12.6. The molecule has 0 aromatic carbocycles. The topological polar surface area (TPSA) is 125 Å². The Bertz CT molecular complexity index is 862. The molecule has 4 saturated carbocycles. The molecule has 2 N–H and O–H groups in total. The zero-order valence-corrected chi connectivity index (χ0v) is 21.5. The predicted molar refractivity (Wildman–Crippen MR) is 123 cm³/mol. The summed E-state index contributed by atoms with van der Waals surface area (Å²) >= 11 is 0. The van der Waals surface area contributed by atoms with E-state index in [1.807, 2.05) is 13.8 Å². The summed E-state index contributed by atoms with van der Waals surface area (Å²) in [6, 6.07) is 0. The molecule has 4 bridgehead atoms. The van der Waals surface area contributed by atoms with Crippen LogP contribution in [0, 0.1) is 51.8 Å². The molecule has 0 spiro atoms. The van der Waals surface area contributed by atoms with E-state index in [0.29, 0.717) is 18.8 Å². The van der Waals surface area contributed by atoms with Crippen LogP contribution in [0.3, 0.4) is 0 Å². The van der Waals surface area contributed by atoms with Gasteiger partial charge in [0.15, 0.2) is 6.29 Å². The van der Waals surface area contributed by atoms with Gasteiger partial charge in [-0.2, -0.15) is 0 Å². The summed E-state index contributed by atoms with van der Waals surface area (Å²) in [5.74, 6) is -0.494. The maximum Gasteiger partial charge on any atom is 0.186 e. The van der Waals surface area contributed by atoms with Crippen LogP contribution in [0.1, 0.15) is 59.8 Å². The summed E-state index contributed by atoms with van der Waals surface area (Å²) < 4.78 is 17.4. The van der Waals surface area contributed by atoms with E-state index >= 15 is 0 Å². The fraction of sp³-hybridized carbons (Fsp3) is 0.926. The third kappa shape index (κ3) is 2.98. The standard InChI is InChI=1S/C27H42O8/c1-13(2)19-8-16-9-25(11-28)18-7-6-14(3)17(18)10-26(16,27(19,25)24(31)32)12-34-23-21(30)20(29)22(33-5)15(4)35-23/h11,13-23,29-30H,6-10,12H2,1-5H3,(H,31,32)/p-1/t14-,15-,16+,17-,18-,19+,20+,21+,22-,23+,25+,26+,27+/m1/s1. The van der Waals surface area contributed by atoms with E-state index < -0.39 is 52.9 Å². The smallest absolute Gasteiger partial charge is 0.186 e. The van der Waals surface area contributed by atoms with Crippen molar-refractivity contribution in [3.8, 4) is 0 Å². The SMILES string of the molecule is CO[C@H]1[C@@H](O)[C@H](O)[C@@H](OC[C@@]23C[C@@H]4[C@H](C)CC[C@H]4[C@@]4(C=O)C[C@@H]2C[C@@H](C(C)C)[C@@]34C(=O)[O-])O[C@@H]1C. The monoisotopic (exact) mass is 493 g/mol. The molecule has 1 heterocycles. The Hall–Kier alpha value is -1.06. The number of carbonyl (C=O) groups excluding carboxylic acids is 2. The highest BCUT2D eigenvalue weighted by Crippen LogP contribution is 2.84. The van der Waals surface area contributed by atoms with Crippen molar-refractivity contribution in [1.82, 2.24) is 0 Å². The normalized spacial score (nSPS) is 54.7. The lowest BCUT2D eigenvalue weighted by atomic mass is 9.42. The number of hydrogen-bond acceptors (Lipinski definition) is 8. The second kappa shape index (κ2) is 8.48. The zero-order valence-electron chi connectivity index (χ0n) is 21.5. The molecule has 0 radical (unpaired) electrons. The molecule has 35 heavy (non-hydrogen) atoms. The first-order valence-electron chi connectivity index (χ1n) is 13.4. The van der Waals surface area contributed by atoms with Crippen LogP contribution in [-0.2, 0) is 23.8 Å². The minimum absolute atomic E-state index is 0.0191. The average molecular weight is 494 g/mol. The molecule has 8 heteroatoms. The van der Waals surface area contributed by atoms with Crippen molar-refractivity contribution >= 4 is 12.3 Å². The number of carboxylic acid groups (broad SMARTS) is 1. The van der Waals surface area contributed by atoms with Crippen LogP contribution in [0.15, 0.2) is 0 Å². The molecule has 0 aromatic heterocycles. The molecule has 5 rings (SSSR count). The Morgan fingerprint density at radius 1 is 1.20 bits per heavy atom. The Balaban J connectivity index is 1.56. The fourth-order valence-corrected chi connectivity index (χ4v) is 10.0. The number of aliphatic hydroxyl groups is 2. The molecule has 0 unspecified atom stereocenters. The van der Waals surface area contributed by atoms with Crippen molar-refractivity contribution in [2.75, 3.05) is 13.7 Å². The molecule has 0 aromatic rings. The van der Waals surface area contributed by atoms with Crippen molar-refractivity contribution in [1.29, 1.82) is 0 Å². The number of aliphatic carboxylic acids is 1. The van der Waals surface area contributed by atoms with E-state index in [1.165, 1.54) is 7.11 Å². The molecule has 1 saturated heterocycles. The van der Waals surface area contributed by atoms with Crippen LogP contribution in [0.4, 0.5) is 0 Å². The molecule has 0 amide bonds. The number of carboxylic acids is 1. The van der Waals surface area contributed by atoms with Crippen molar-refractivity contribution in [2.45, 2.75) is 90.5 Å². The third-order valence-electron chi connectivity index (χ3n) is 11.3. The first-order chi connectivity index (χ1) is 16.5. The van der Waals surface area contributed by atoms with Gasteiger partial charge in [-0.25, -0.2) is 0 Å². The molecule has 198 valence electrons. The first-order valence-corrected chi connectivity index (χ1v) is 13.4. The van der Waals surface area contributed by atoms with Gasteiger partial charge >= 0.3 is 0 Å². The first kappa shape index (κ1) is 25.6. The highest BCUT2D eigenvalue weighted by atomic mass is 16.7. The Kier molecular flexibility index (Phi) is 6.20. The lowest BCUT2D eigenvalue weighted by molar-refractivity contribution is -0.346. The van der Waals surface area contributed by atoms with Crippen LogP contribution < -0.4 is 5.11 Å². The van der Waals surface area contributed by atoms with E-state index in [0.717, 1.165) is 25.5 Å². The summed E-state index contributed by atoms with van der Waals surface area (Å²) in [7, 11) is 1.45. The van der Waals surface area contributed by atoms with Crippen LogP contribution in [-0.4, -0.2) is 66.9 Å². The molecule has 5 aliphatic rings. The minimum Gasteiger partial charge on any atom is -0.549 e. The third-order valence-corrected chi connectivity index (χ3v) is 11.3. The molecule has 5 fully saturated rings. The molecule has 4 aliphatic carbocycles. The summed E-state index contributed by atoms with van der Waals surface area (Å²) in [4.78, 5) is 26.5. The summed E-state index contributed by atoms with van der Waals surface area (Å²) in [6.45, 7) is 8.11. The van der Waals surface area contributed by atoms with Gasteiger partial charge in [-0.05, 0) is 68.1 Å². The highest BCUT2D eigenvalue weighted by Gasteiger charge is 2.83. The highest BCUT2D eigenvalue weighted by molar-refractivity contribution is 5.85. The maximum absolute atomic E-state index is 13.4. The van der Waals surface area contributed by atoms with Crippen LogP contribution in [0.25, 0.3) is 0 Å². The van der Waals surface area contributed by atoms with Gasteiger partial charge in [0.1, 0.15) is 24.6 Å². The van der Waals surface area contributed by atoms with Gasteiger partial charge < -0.3 is 39.1 Å². The van der Waals surface area contributed by atoms with Crippen LogP contribution >= 0.6 is 0 Å². The number of methoxy groups -OCH3 is 1. The lowest BCUT2D eigenvalue weighted by Crippen LogP contribution is -2.68. The van der Waals surface area contributed by atoms with Crippen LogP contribution in [0.5, 0.6) is 0 Å². The van der Waals surface area contributed by atoms with Crippen molar-refractivity contribution in [3.05, 3.63) is 0 Å². The molecular formula is C27H41O8-. The van der Waals surface area contributed by atoms with Gasteiger partial charge in [0.25, 0.3) is 0 Å². The van der Waals surface area contributed by atoms with Gasteiger partial charge in [-0.3, -0.25) is 0 Å². The Labute approximate surface area is 207 Å². The second-order valence-electron chi connectivity index (χ2n) is 12.6. The summed E-state index contributed by atoms with van der Waals surface area (Å²) in [5, 5.41) is 34.7. The van der Waals surface area contributed by atoms with Gasteiger partial charge in [-0.15, -0.1) is 0 Å². The average Bonchev–Trinajstić information content (AvgIpc) is 3.38. The van der Waals surface area contributed by atoms with E-state index in [9.17, 15) is 24.9 Å². The van der Waals surface area contributed by atoms with Crippen molar-refractivity contribution in [3.63, 3.8) is 0 Å². The Morgan fingerprint density at radius 3 is 2.51 bits per heavy atom. The number of fused-ring (bicyclic) bond motifs is 2. The van der Waals surface area contributed by atoms with Gasteiger partial charge in [0, 0.05) is 29.3 Å². The fourth-order valence-electron chi connectivity index (χ4n) is 10.0. The van der Waals surface area contributed by atoms with Crippen LogP contribution in [0.2, 0.25) is 0 Å². The quantitative estimate of drug-likeness (QED) is 0.506. The van der Waals surface area contributed by atoms with E-state index in [2.05, 4.69) is 6.92 Å². The molecular weight excluding hydrogens is 452 g/mol. The molecule has 8 nitrogen and oxygen atoms in total. The summed E-state index contributed by atoms with van der Waals surface area (Å²) in [6.07, 6.45) is -0.00613.